The summed E-state index contributed by atoms with van der Waals surface area (Å²) < 4.78 is 3.25. The zero-order valence-electron chi connectivity index (χ0n) is 15.5. The van der Waals surface area contributed by atoms with E-state index in [1.807, 2.05) is 48.5 Å². The van der Waals surface area contributed by atoms with Crippen LogP contribution >= 0.6 is 23.2 Å². The van der Waals surface area contributed by atoms with E-state index >= 15 is 0 Å². The molecule has 0 atom stereocenters. The van der Waals surface area contributed by atoms with Gasteiger partial charge in [0.1, 0.15) is 5.15 Å². The molecule has 2 heterocycles. The Morgan fingerprint density at radius 3 is 2.48 bits per heavy atom. The van der Waals surface area contributed by atoms with E-state index in [0.717, 1.165) is 11.3 Å². The quantitative estimate of drug-likeness (QED) is 0.489. The summed E-state index contributed by atoms with van der Waals surface area (Å²) in [7, 11) is 0. The summed E-state index contributed by atoms with van der Waals surface area (Å²) in [5.41, 5.74) is 2.61. The lowest BCUT2D eigenvalue weighted by Gasteiger charge is -2.06. The average molecular weight is 426 g/mol. The van der Waals surface area contributed by atoms with Crippen LogP contribution in [-0.2, 0) is 6.54 Å². The van der Waals surface area contributed by atoms with E-state index in [2.05, 4.69) is 15.5 Å². The minimum Gasteiger partial charge on any atom is -0.305 e. The lowest BCUT2D eigenvalue weighted by Crippen LogP contribution is -2.14. The van der Waals surface area contributed by atoms with Gasteiger partial charge in [-0.1, -0.05) is 59.6 Å². The van der Waals surface area contributed by atoms with Crippen LogP contribution in [0.5, 0.6) is 0 Å². The Hall–Kier alpha value is -3.09. The lowest BCUT2D eigenvalue weighted by atomic mass is 10.2. The van der Waals surface area contributed by atoms with Gasteiger partial charge < -0.3 is 5.32 Å². The summed E-state index contributed by atoms with van der Waals surface area (Å²) in [6, 6.07) is 18.8. The van der Waals surface area contributed by atoms with Gasteiger partial charge in [0.15, 0.2) is 5.82 Å². The molecule has 0 aliphatic rings. The number of para-hydroxylation sites is 1. The van der Waals surface area contributed by atoms with E-state index in [1.165, 1.54) is 0 Å². The fraction of sp³-hybridized carbons (Fsp3) is 0.0952. The smallest absolute Gasteiger partial charge is 0.261 e. The Morgan fingerprint density at radius 1 is 1.00 bits per heavy atom. The molecule has 1 amide bonds. The highest BCUT2D eigenvalue weighted by Gasteiger charge is 2.21. The summed E-state index contributed by atoms with van der Waals surface area (Å²) in [5.74, 6) is 0.0596. The van der Waals surface area contributed by atoms with Crippen molar-refractivity contribution in [1.82, 2.24) is 19.6 Å². The van der Waals surface area contributed by atoms with Crippen molar-refractivity contribution in [3.05, 3.63) is 93.9 Å². The fourth-order valence-corrected chi connectivity index (χ4v) is 3.51. The van der Waals surface area contributed by atoms with Crippen molar-refractivity contribution in [1.29, 1.82) is 0 Å². The third-order valence-corrected chi connectivity index (χ3v) is 5.17. The molecule has 2 aromatic heterocycles. The minimum absolute atomic E-state index is 0.252. The summed E-state index contributed by atoms with van der Waals surface area (Å²) in [4.78, 5) is 12.8. The fourth-order valence-electron chi connectivity index (χ4n) is 3.00. The van der Waals surface area contributed by atoms with Gasteiger partial charge in [0.25, 0.3) is 5.91 Å². The first-order chi connectivity index (χ1) is 14.0. The molecule has 0 fully saturated rings. The maximum atomic E-state index is 12.8. The summed E-state index contributed by atoms with van der Waals surface area (Å²) in [5, 5.41) is 12.4. The Labute approximate surface area is 177 Å². The number of hydrogen-bond acceptors (Lipinski definition) is 3. The van der Waals surface area contributed by atoms with Gasteiger partial charge in [0, 0.05) is 17.3 Å². The molecule has 29 heavy (non-hydrogen) atoms. The number of benzene rings is 2. The van der Waals surface area contributed by atoms with Gasteiger partial charge in [0.2, 0.25) is 0 Å². The average Bonchev–Trinajstić information content (AvgIpc) is 3.28. The van der Waals surface area contributed by atoms with E-state index in [1.54, 1.807) is 34.6 Å². The van der Waals surface area contributed by atoms with Crippen LogP contribution in [0.25, 0.3) is 5.69 Å². The second-order valence-corrected chi connectivity index (χ2v) is 7.20. The highest BCUT2D eigenvalue weighted by Crippen LogP contribution is 2.24. The first-order valence-corrected chi connectivity index (χ1v) is 9.67. The number of aromatic nitrogens is 4. The van der Waals surface area contributed by atoms with E-state index in [-0.39, 0.29) is 11.1 Å². The molecule has 0 saturated heterocycles. The number of carbonyl (C=O) groups excluding carboxylic acids is 1. The van der Waals surface area contributed by atoms with Crippen LogP contribution in [0.15, 0.2) is 66.9 Å². The van der Waals surface area contributed by atoms with Crippen molar-refractivity contribution in [3.8, 4) is 5.69 Å². The molecule has 0 aliphatic carbocycles. The van der Waals surface area contributed by atoms with Gasteiger partial charge in [0.05, 0.1) is 23.5 Å². The monoisotopic (exact) mass is 425 g/mol. The number of rotatable bonds is 5. The number of nitrogens with zero attached hydrogens (tertiary/aromatic N) is 4. The van der Waals surface area contributed by atoms with Crippen molar-refractivity contribution >= 4 is 34.9 Å². The third kappa shape index (κ3) is 4.04. The molecule has 2 aromatic carbocycles. The second-order valence-electron chi connectivity index (χ2n) is 6.44. The predicted molar refractivity (Wildman–Crippen MR) is 114 cm³/mol. The molecule has 1 N–H and O–H groups in total. The van der Waals surface area contributed by atoms with Crippen molar-refractivity contribution in [2.24, 2.45) is 0 Å². The summed E-state index contributed by atoms with van der Waals surface area (Å²) >= 11 is 12.7. The normalized spacial score (nSPS) is 10.9. The van der Waals surface area contributed by atoms with Crippen molar-refractivity contribution < 1.29 is 4.79 Å². The second kappa shape index (κ2) is 8.11. The maximum absolute atomic E-state index is 12.8. The maximum Gasteiger partial charge on any atom is 0.261 e. The molecule has 0 spiro atoms. The number of amides is 1. The van der Waals surface area contributed by atoms with Gasteiger partial charge in [-0.2, -0.15) is 10.2 Å². The van der Waals surface area contributed by atoms with Gasteiger partial charge >= 0.3 is 0 Å². The standard InChI is InChI=1S/C21H17Cl2N5O/c1-14-19(20(23)28(25-14)13-15-7-5-6-10-17(15)22)21(29)24-18-11-12-27(26-18)16-8-3-2-4-9-16/h2-12H,13H2,1H3,(H,24,26,29). The molecule has 0 radical (unpaired) electrons. The predicted octanol–water partition coefficient (Wildman–Crippen LogP) is 4.98. The molecule has 4 rings (SSSR count). The van der Waals surface area contributed by atoms with Crippen LogP contribution in [0.2, 0.25) is 10.2 Å². The van der Waals surface area contributed by atoms with Crippen LogP contribution in [0.1, 0.15) is 21.6 Å². The van der Waals surface area contributed by atoms with Crippen LogP contribution in [0.3, 0.4) is 0 Å². The Balaban J connectivity index is 1.54. The number of aryl methyl sites for hydroxylation is 1. The van der Waals surface area contributed by atoms with Crippen molar-refractivity contribution in [2.75, 3.05) is 5.32 Å². The SMILES string of the molecule is Cc1nn(Cc2ccccc2Cl)c(Cl)c1C(=O)Nc1ccn(-c2ccccc2)n1. The molecule has 0 aliphatic heterocycles. The number of carbonyl (C=O) groups is 1. The van der Waals surface area contributed by atoms with Crippen LogP contribution < -0.4 is 5.32 Å². The molecule has 146 valence electrons. The Morgan fingerprint density at radius 2 is 1.72 bits per heavy atom. The number of hydrogen-bond donors (Lipinski definition) is 1. The van der Waals surface area contributed by atoms with Crippen LogP contribution in [0, 0.1) is 6.92 Å². The molecule has 0 saturated carbocycles. The highest BCUT2D eigenvalue weighted by atomic mass is 35.5. The number of nitrogens with one attached hydrogen (secondary N) is 1. The summed E-state index contributed by atoms with van der Waals surface area (Å²) in [6.07, 6.45) is 1.78. The van der Waals surface area contributed by atoms with Gasteiger partial charge in [-0.25, -0.2) is 9.36 Å². The van der Waals surface area contributed by atoms with Crippen molar-refractivity contribution in [3.63, 3.8) is 0 Å². The topological polar surface area (TPSA) is 64.7 Å². The zero-order valence-corrected chi connectivity index (χ0v) is 17.0. The molecule has 6 nitrogen and oxygen atoms in total. The largest absolute Gasteiger partial charge is 0.305 e. The zero-order chi connectivity index (χ0) is 20.4. The number of anilines is 1. The van der Waals surface area contributed by atoms with Crippen molar-refractivity contribution in [2.45, 2.75) is 13.5 Å². The third-order valence-electron chi connectivity index (χ3n) is 4.42. The Kier molecular flexibility index (Phi) is 5.38. The van der Waals surface area contributed by atoms with E-state index in [4.69, 9.17) is 23.2 Å². The first-order valence-electron chi connectivity index (χ1n) is 8.91. The molecule has 8 heteroatoms. The van der Waals surface area contributed by atoms with E-state index in [9.17, 15) is 4.79 Å². The molecular formula is C21H17Cl2N5O. The van der Waals surface area contributed by atoms with Crippen LogP contribution in [-0.4, -0.2) is 25.5 Å². The minimum atomic E-state index is -0.365. The molecule has 0 unspecified atom stereocenters. The number of halogens is 2. The molecule has 0 bridgehead atoms. The molecular weight excluding hydrogens is 409 g/mol. The van der Waals surface area contributed by atoms with Crippen LogP contribution in [0.4, 0.5) is 5.82 Å². The Bertz CT molecular complexity index is 1170. The highest BCUT2D eigenvalue weighted by molar-refractivity contribution is 6.33. The molecule has 4 aromatic rings. The lowest BCUT2D eigenvalue weighted by molar-refractivity contribution is 0.102. The van der Waals surface area contributed by atoms with Gasteiger partial charge in [-0.05, 0) is 30.7 Å². The van der Waals surface area contributed by atoms with E-state index in [0.29, 0.717) is 28.6 Å². The first kappa shape index (κ1) is 19.2. The van der Waals surface area contributed by atoms with Gasteiger partial charge in [-0.3, -0.25) is 4.79 Å². The summed E-state index contributed by atoms with van der Waals surface area (Å²) in [6.45, 7) is 2.11. The van der Waals surface area contributed by atoms with E-state index < -0.39 is 0 Å². The van der Waals surface area contributed by atoms with Gasteiger partial charge in [-0.15, -0.1) is 0 Å².